The van der Waals surface area contributed by atoms with Crippen LogP contribution in [0.25, 0.3) is 0 Å². The first kappa shape index (κ1) is 14.6. The Morgan fingerprint density at radius 2 is 1.89 bits per heavy atom. The normalized spacial score (nSPS) is 11.7. The summed E-state index contributed by atoms with van der Waals surface area (Å²) in [5, 5.41) is 0. The lowest BCUT2D eigenvalue weighted by molar-refractivity contribution is -0.151. The smallest absolute Gasteiger partial charge is 0.312 e. The summed E-state index contributed by atoms with van der Waals surface area (Å²) in [7, 11) is 3.32. The van der Waals surface area contributed by atoms with E-state index in [-0.39, 0.29) is 11.8 Å². The van der Waals surface area contributed by atoms with Crippen molar-refractivity contribution in [3.8, 4) is 0 Å². The minimum Gasteiger partial charge on any atom is -0.469 e. The zero-order valence-corrected chi connectivity index (χ0v) is 11.4. The van der Waals surface area contributed by atoms with E-state index >= 15 is 0 Å². The summed E-state index contributed by atoms with van der Waals surface area (Å²) in [5.74, 6) is -0.468. The lowest BCUT2D eigenvalue weighted by atomic mass is 9.93. The van der Waals surface area contributed by atoms with E-state index in [2.05, 4.69) is 0 Å². The number of carbonyl (C=O) groups excluding carboxylic acids is 1. The molecule has 18 heavy (non-hydrogen) atoms. The molecule has 0 saturated carbocycles. The van der Waals surface area contributed by atoms with Crippen molar-refractivity contribution < 1.29 is 13.9 Å². The van der Waals surface area contributed by atoms with Gasteiger partial charge in [-0.3, -0.25) is 4.79 Å². The lowest BCUT2D eigenvalue weighted by Crippen LogP contribution is -2.37. The molecule has 0 fully saturated rings. The van der Waals surface area contributed by atoms with Crippen LogP contribution in [0.3, 0.4) is 0 Å². The van der Waals surface area contributed by atoms with Crippen LogP contribution in [0.4, 0.5) is 4.39 Å². The van der Waals surface area contributed by atoms with Gasteiger partial charge >= 0.3 is 5.97 Å². The fourth-order valence-electron chi connectivity index (χ4n) is 1.97. The van der Waals surface area contributed by atoms with Crippen LogP contribution in [0.5, 0.6) is 0 Å². The SMILES string of the molecule is COC(=O)C(C)(C)CN(C)Cc1ccc(F)cc1. The number of esters is 1. The van der Waals surface area contributed by atoms with Crippen molar-refractivity contribution in [3.63, 3.8) is 0 Å². The largest absolute Gasteiger partial charge is 0.469 e. The molecule has 100 valence electrons. The van der Waals surface area contributed by atoms with E-state index in [0.29, 0.717) is 13.1 Å². The predicted molar refractivity (Wildman–Crippen MR) is 68.5 cm³/mol. The molecule has 1 aromatic rings. The molecule has 0 atom stereocenters. The summed E-state index contributed by atoms with van der Waals surface area (Å²) < 4.78 is 17.5. The van der Waals surface area contributed by atoms with Crippen LogP contribution in [0, 0.1) is 11.2 Å². The molecule has 0 bridgehead atoms. The molecule has 0 radical (unpaired) electrons. The molecule has 1 rings (SSSR count). The van der Waals surface area contributed by atoms with Crippen molar-refractivity contribution in [1.29, 1.82) is 0 Å². The second-order valence-corrected chi connectivity index (χ2v) is 5.17. The van der Waals surface area contributed by atoms with Gasteiger partial charge in [0.1, 0.15) is 5.82 Å². The summed E-state index contributed by atoms with van der Waals surface area (Å²) in [6.45, 7) is 4.94. The van der Waals surface area contributed by atoms with Gasteiger partial charge in [0.2, 0.25) is 0 Å². The average molecular weight is 253 g/mol. The second kappa shape index (κ2) is 5.96. The van der Waals surface area contributed by atoms with Gasteiger partial charge in [0.25, 0.3) is 0 Å². The van der Waals surface area contributed by atoms with Crippen LogP contribution in [-0.4, -0.2) is 31.6 Å². The van der Waals surface area contributed by atoms with Gasteiger partial charge in [-0.2, -0.15) is 0 Å². The van der Waals surface area contributed by atoms with Gasteiger partial charge in [-0.15, -0.1) is 0 Å². The molecule has 0 aliphatic carbocycles. The molecule has 0 aliphatic rings. The summed E-state index contributed by atoms with van der Waals surface area (Å²) in [5.41, 5.74) is 0.461. The minimum absolute atomic E-state index is 0.228. The zero-order valence-electron chi connectivity index (χ0n) is 11.4. The number of rotatable bonds is 5. The first-order valence-electron chi connectivity index (χ1n) is 5.86. The van der Waals surface area contributed by atoms with Crippen molar-refractivity contribution >= 4 is 5.97 Å². The number of carbonyl (C=O) groups is 1. The van der Waals surface area contributed by atoms with Gasteiger partial charge in [0.05, 0.1) is 12.5 Å². The third-order valence-corrected chi connectivity index (χ3v) is 2.77. The van der Waals surface area contributed by atoms with Crippen molar-refractivity contribution in [3.05, 3.63) is 35.6 Å². The molecule has 0 saturated heterocycles. The summed E-state index contributed by atoms with van der Waals surface area (Å²) in [6.07, 6.45) is 0. The van der Waals surface area contributed by atoms with E-state index in [1.54, 1.807) is 12.1 Å². The zero-order chi connectivity index (χ0) is 13.8. The molecular formula is C14H20FNO2. The molecule has 0 aliphatic heterocycles. The molecule has 0 aromatic heterocycles. The Kier molecular flexibility index (Phi) is 4.84. The molecule has 0 N–H and O–H groups in total. The maximum absolute atomic E-state index is 12.8. The summed E-state index contributed by atoms with van der Waals surface area (Å²) in [6, 6.07) is 6.37. The van der Waals surface area contributed by atoms with Crippen LogP contribution >= 0.6 is 0 Å². The molecule has 0 heterocycles. The number of halogens is 1. The van der Waals surface area contributed by atoms with E-state index < -0.39 is 5.41 Å². The highest BCUT2D eigenvalue weighted by atomic mass is 19.1. The Morgan fingerprint density at radius 3 is 2.39 bits per heavy atom. The van der Waals surface area contributed by atoms with E-state index in [1.165, 1.54) is 19.2 Å². The molecule has 3 nitrogen and oxygen atoms in total. The third kappa shape index (κ3) is 4.11. The van der Waals surface area contributed by atoms with Crippen molar-refractivity contribution in [2.24, 2.45) is 5.41 Å². The number of ether oxygens (including phenoxy) is 1. The predicted octanol–water partition coefficient (Wildman–Crippen LogP) is 2.46. The van der Waals surface area contributed by atoms with Gasteiger partial charge in [-0.1, -0.05) is 12.1 Å². The summed E-state index contributed by atoms with van der Waals surface area (Å²) in [4.78, 5) is 13.6. The Morgan fingerprint density at radius 1 is 1.33 bits per heavy atom. The Hall–Kier alpha value is -1.42. The van der Waals surface area contributed by atoms with Crippen molar-refractivity contribution in [2.45, 2.75) is 20.4 Å². The molecule has 0 unspecified atom stereocenters. The van der Waals surface area contributed by atoms with Crippen molar-refractivity contribution in [2.75, 3.05) is 20.7 Å². The first-order chi connectivity index (χ1) is 8.35. The highest BCUT2D eigenvalue weighted by Gasteiger charge is 2.29. The van der Waals surface area contributed by atoms with Crippen molar-refractivity contribution in [1.82, 2.24) is 4.90 Å². The van der Waals surface area contributed by atoms with E-state index in [0.717, 1.165) is 5.56 Å². The monoisotopic (exact) mass is 253 g/mol. The van der Waals surface area contributed by atoms with Crippen LogP contribution in [-0.2, 0) is 16.1 Å². The Labute approximate surface area is 108 Å². The number of nitrogens with zero attached hydrogens (tertiary/aromatic N) is 1. The first-order valence-corrected chi connectivity index (χ1v) is 5.86. The number of hydrogen-bond acceptors (Lipinski definition) is 3. The highest BCUT2D eigenvalue weighted by Crippen LogP contribution is 2.19. The topological polar surface area (TPSA) is 29.5 Å². The Balaban J connectivity index is 2.58. The van der Waals surface area contributed by atoms with E-state index in [1.807, 2.05) is 25.8 Å². The van der Waals surface area contributed by atoms with Gasteiger partial charge in [0, 0.05) is 13.1 Å². The fraction of sp³-hybridized carbons (Fsp3) is 0.500. The van der Waals surface area contributed by atoms with Crippen LogP contribution in [0.2, 0.25) is 0 Å². The third-order valence-electron chi connectivity index (χ3n) is 2.77. The van der Waals surface area contributed by atoms with Gasteiger partial charge in [-0.05, 0) is 38.6 Å². The van der Waals surface area contributed by atoms with E-state index in [9.17, 15) is 9.18 Å². The molecular weight excluding hydrogens is 233 g/mol. The molecule has 0 spiro atoms. The Bertz CT molecular complexity index is 401. The van der Waals surface area contributed by atoms with Gasteiger partial charge < -0.3 is 9.64 Å². The maximum Gasteiger partial charge on any atom is 0.312 e. The molecule has 0 amide bonds. The lowest BCUT2D eigenvalue weighted by Gasteiger charge is -2.27. The standard InChI is InChI=1S/C14H20FNO2/c1-14(2,13(17)18-4)10-16(3)9-11-5-7-12(15)8-6-11/h5-8H,9-10H2,1-4H3. The number of benzene rings is 1. The van der Waals surface area contributed by atoms with Gasteiger partial charge in [-0.25, -0.2) is 4.39 Å². The van der Waals surface area contributed by atoms with Crippen LogP contribution in [0.1, 0.15) is 19.4 Å². The number of methoxy groups -OCH3 is 1. The summed E-state index contributed by atoms with van der Waals surface area (Å²) >= 11 is 0. The average Bonchev–Trinajstić information content (AvgIpc) is 2.30. The quantitative estimate of drug-likeness (QED) is 0.755. The second-order valence-electron chi connectivity index (χ2n) is 5.17. The van der Waals surface area contributed by atoms with Crippen LogP contribution < -0.4 is 0 Å². The molecule has 1 aromatic carbocycles. The van der Waals surface area contributed by atoms with Crippen LogP contribution in [0.15, 0.2) is 24.3 Å². The highest BCUT2D eigenvalue weighted by molar-refractivity contribution is 5.76. The maximum atomic E-state index is 12.8. The minimum atomic E-state index is -0.552. The number of hydrogen-bond donors (Lipinski definition) is 0. The fourth-order valence-corrected chi connectivity index (χ4v) is 1.97. The van der Waals surface area contributed by atoms with E-state index in [4.69, 9.17) is 4.74 Å². The molecule has 4 heteroatoms. The van der Waals surface area contributed by atoms with Gasteiger partial charge in [0.15, 0.2) is 0 Å².